The maximum absolute atomic E-state index is 12.5. The first kappa shape index (κ1) is 17.0. The topological polar surface area (TPSA) is 60.0 Å². The number of benzene rings is 1. The van der Waals surface area contributed by atoms with Crippen molar-refractivity contribution in [3.05, 3.63) is 23.3 Å². The van der Waals surface area contributed by atoms with Gasteiger partial charge in [0.2, 0.25) is 5.91 Å². The lowest BCUT2D eigenvalue weighted by Crippen LogP contribution is -2.52. The zero-order valence-corrected chi connectivity index (χ0v) is 14.8. The molecule has 1 N–H and O–H groups in total. The Bertz CT molecular complexity index is 626. The van der Waals surface area contributed by atoms with Gasteiger partial charge in [-0.1, -0.05) is 0 Å². The summed E-state index contributed by atoms with van der Waals surface area (Å²) >= 11 is 0. The van der Waals surface area contributed by atoms with Crippen LogP contribution in [0.15, 0.2) is 12.1 Å². The van der Waals surface area contributed by atoms with Crippen molar-refractivity contribution in [3.63, 3.8) is 0 Å². The first-order valence-corrected chi connectivity index (χ1v) is 8.32. The summed E-state index contributed by atoms with van der Waals surface area (Å²) in [6.45, 7) is 2.31. The summed E-state index contributed by atoms with van der Waals surface area (Å²) in [7, 11) is 6.95. The molecular weight excluding hydrogens is 308 g/mol. The van der Waals surface area contributed by atoms with Crippen LogP contribution >= 0.6 is 0 Å². The van der Waals surface area contributed by atoms with E-state index in [1.54, 1.807) is 21.3 Å². The molecule has 0 saturated carbocycles. The molecule has 0 bridgehead atoms. The predicted molar refractivity (Wildman–Crippen MR) is 90.7 cm³/mol. The molecular formula is C18H26N2O4. The van der Waals surface area contributed by atoms with Gasteiger partial charge in [-0.25, -0.2) is 0 Å². The maximum atomic E-state index is 12.5. The van der Waals surface area contributed by atoms with Gasteiger partial charge < -0.3 is 19.5 Å². The summed E-state index contributed by atoms with van der Waals surface area (Å²) in [5.74, 6) is 1.36. The van der Waals surface area contributed by atoms with E-state index in [-0.39, 0.29) is 17.4 Å². The molecule has 6 nitrogen and oxygen atoms in total. The molecule has 1 atom stereocenters. The fraction of sp³-hybridized carbons (Fsp3) is 0.611. The molecule has 1 saturated heterocycles. The van der Waals surface area contributed by atoms with E-state index >= 15 is 0 Å². The second-order valence-corrected chi connectivity index (χ2v) is 6.62. The largest absolute Gasteiger partial charge is 0.493 e. The number of hydrogen-bond donors (Lipinski definition) is 1. The van der Waals surface area contributed by atoms with E-state index in [9.17, 15) is 4.79 Å². The number of hydrogen-bond acceptors (Lipinski definition) is 5. The molecule has 3 rings (SSSR count). The summed E-state index contributed by atoms with van der Waals surface area (Å²) in [6.07, 6.45) is 1.89. The molecule has 1 spiro atoms. The van der Waals surface area contributed by atoms with Gasteiger partial charge in [-0.2, -0.15) is 0 Å². The molecule has 1 fully saturated rings. The lowest BCUT2D eigenvalue weighted by atomic mass is 9.68. The number of amides is 1. The van der Waals surface area contributed by atoms with Gasteiger partial charge in [0.1, 0.15) is 6.04 Å². The van der Waals surface area contributed by atoms with E-state index in [2.05, 4.69) is 16.3 Å². The monoisotopic (exact) mass is 334 g/mol. The molecule has 0 aromatic heterocycles. The molecule has 2 aliphatic heterocycles. The minimum atomic E-state index is -0.321. The fourth-order valence-corrected chi connectivity index (χ4v) is 4.14. The zero-order valence-electron chi connectivity index (χ0n) is 14.8. The molecule has 1 aromatic rings. The third-order valence-electron chi connectivity index (χ3n) is 5.36. The molecule has 24 heavy (non-hydrogen) atoms. The number of carbonyl (C=O) groups is 1. The summed E-state index contributed by atoms with van der Waals surface area (Å²) in [5, 5.41) is 2.79. The number of nitrogens with one attached hydrogen (secondary N) is 1. The van der Waals surface area contributed by atoms with Gasteiger partial charge in [0.25, 0.3) is 0 Å². The zero-order chi connectivity index (χ0) is 17.3. The van der Waals surface area contributed by atoms with Gasteiger partial charge in [-0.05, 0) is 43.1 Å². The molecule has 0 radical (unpaired) electrons. The molecule has 1 amide bonds. The van der Waals surface area contributed by atoms with E-state index in [1.807, 2.05) is 13.1 Å². The van der Waals surface area contributed by atoms with E-state index in [0.717, 1.165) is 38.2 Å². The highest BCUT2D eigenvalue weighted by Gasteiger charge is 2.46. The van der Waals surface area contributed by atoms with Crippen molar-refractivity contribution in [1.29, 1.82) is 0 Å². The minimum absolute atomic E-state index is 0.00659. The van der Waals surface area contributed by atoms with E-state index in [4.69, 9.17) is 14.2 Å². The van der Waals surface area contributed by atoms with Crippen molar-refractivity contribution in [1.82, 2.24) is 10.2 Å². The van der Waals surface area contributed by atoms with Crippen LogP contribution in [0.25, 0.3) is 0 Å². The molecule has 2 aliphatic rings. The number of methoxy groups -OCH3 is 2. The van der Waals surface area contributed by atoms with Crippen LogP contribution in [-0.4, -0.2) is 58.9 Å². The lowest BCUT2D eigenvalue weighted by Gasteiger charge is -2.48. The van der Waals surface area contributed by atoms with Crippen molar-refractivity contribution in [3.8, 4) is 11.5 Å². The van der Waals surface area contributed by atoms with Crippen LogP contribution in [0.2, 0.25) is 0 Å². The van der Waals surface area contributed by atoms with E-state index in [1.165, 1.54) is 5.56 Å². The Morgan fingerprint density at radius 1 is 1.25 bits per heavy atom. The molecule has 6 heteroatoms. The molecule has 132 valence electrons. The third kappa shape index (κ3) is 2.63. The number of nitrogens with zero attached hydrogens (tertiary/aromatic N) is 1. The number of likely N-dealkylation sites (N-methyl/N-ethyl adjacent to an activating group) is 2. The van der Waals surface area contributed by atoms with Crippen LogP contribution < -0.4 is 14.8 Å². The van der Waals surface area contributed by atoms with Gasteiger partial charge in [0.05, 0.1) is 14.2 Å². The van der Waals surface area contributed by atoms with Crippen LogP contribution in [0, 0.1) is 0 Å². The van der Waals surface area contributed by atoms with Crippen LogP contribution in [0.1, 0.15) is 30.0 Å². The summed E-state index contributed by atoms with van der Waals surface area (Å²) in [6, 6.07) is 3.70. The first-order chi connectivity index (χ1) is 11.6. The normalized spacial score (nSPS) is 22.8. The second-order valence-electron chi connectivity index (χ2n) is 6.62. The van der Waals surface area contributed by atoms with Crippen LogP contribution in [0.5, 0.6) is 11.5 Å². The standard InChI is InChI=1S/C18H26N2O4/c1-19-17(21)16-12-9-14(22-3)15(23-4)10-13(12)18(11-20(16)2)5-7-24-8-6-18/h9-10,16H,5-8,11H2,1-4H3,(H,19,21). The Labute approximate surface area is 143 Å². The van der Waals surface area contributed by atoms with Gasteiger partial charge in [0.15, 0.2) is 11.5 Å². The smallest absolute Gasteiger partial charge is 0.241 e. The fourth-order valence-electron chi connectivity index (χ4n) is 4.14. The highest BCUT2D eigenvalue weighted by Crippen LogP contribution is 2.48. The van der Waals surface area contributed by atoms with Crippen molar-refractivity contribution < 1.29 is 19.0 Å². The van der Waals surface area contributed by atoms with Gasteiger partial charge >= 0.3 is 0 Å². The Kier molecular flexibility index (Phi) is 4.69. The average Bonchev–Trinajstić information content (AvgIpc) is 2.61. The Hall–Kier alpha value is -1.79. The summed E-state index contributed by atoms with van der Waals surface area (Å²) < 4.78 is 16.6. The SMILES string of the molecule is CNC(=O)C1c2cc(OC)c(OC)cc2C2(CCOCC2)CN1C. The second kappa shape index (κ2) is 6.61. The molecule has 1 aromatic carbocycles. The molecule has 0 aliphatic carbocycles. The van der Waals surface area contributed by atoms with Gasteiger partial charge in [-0.3, -0.25) is 9.69 Å². The Balaban J connectivity index is 2.19. The van der Waals surface area contributed by atoms with Crippen molar-refractivity contribution in [2.75, 3.05) is 48.1 Å². The van der Waals surface area contributed by atoms with Crippen LogP contribution in [0.4, 0.5) is 0 Å². The quantitative estimate of drug-likeness (QED) is 0.907. The highest BCUT2D eigenvalue weighted by atomic mass is 16.5. The maximum Gasteiger partial charge on any atom is 0.241 e. The Morgan fingerprint density at radius 2 is 1.88 bits per heavy atom. The van der Waals surface area contributed by atoms with Crippen LogP contribution in [0.3, 0.4) is 0 Å². The lowest BCUT2D eigenvalue weighted by molar-refractivity contribution is -0.126. The molecule has 1 unspecified atom stereocenters. The number of fused-ring (bicyclic) bond motifs is 2. The van der Waals surface area contributed by atoms with Crippen molar-refractivity contribution in [2.45, 2.75) is 24.3 Å². The van der Waals surface area contributed by atoms with E-state index < -0.39 is 0 Å². The number of ether oxygens (including phenoxy) is 3. The van der Waals surface area contributed by atoms with Gasteiger partial charge in [0, 0.05) is 32.2 Å². The van der Waals surface area contributed by atoms with Crippen molar-refractivity contribution in [2.24, 2.45) is 0 Å². The average molecular weight is 334 g/mol. The van der Waals surface area contributed by atoms with Crippen molar-refractivity contribution >= 4 is 5.91 Å². The van der Waals surface area contributed by atoms with E-state index in [0.29, 0.717) is 11.5 Å². The third-order valence-corrected chi connectivity index (χ3v) is 5.36. The van der Waals surface area contributed by atoms with Crippen LogP contribution in [-0.2, 0) is 14.9 Å². The summed E-state index contributed by atoms with van der Waals surface area (Å²) in [5.41, 5.74) is 2.18. The number of rotatable bonds is 3. The first-order valence-electron chi connectivity index (χ1n) is 8.32. The predicted octanol–water partition coefficient (Wildman–Crippen LogP) is 1.48. The minimum Gasteiger partial charge on any atom is -0.493 e. The van der Waals surface area contributed by atoms with Gasteiger partial charge in [-0.15, -0.1) is 0 Å². The molecule has 2 heterocycles. The Morgan fingerprint density at radius 3 is 2.46 bits per heavy atom. The summed E-state index contributed by atoms with van der Waals surface area (Å²) in [4.78, 5) is 14.7. The number of carbonyl (C=O) groups excluding carboxylic acids is 1. The highest BCUT2D eigenvalue weighted by molar-refractivity contribution is 5.84.